The van der Waals surface area contributed by atoms with Crippen LogP contribution < -0.4 is 0 Å². The van der Waals surface area contributed by atoms with Gasteiger partial charge in [-0.15, -0.1) is 0 Å². The molecule has 0 spiro atoms. The van der Waals surface area contributed by atoms with E-state index in [4.69, 9.17) is 4.42 Å². The molecule has 6 nitrogen and oxygen atoms in total. The summed E-state index contributed by atoms with van der Waals surface area (Å²) in [5.74, 6) is 1.56. The minimum Gasteiger partial charge on any atom is -0.440 e. The lowest BCUT2D eigenvalue weighted by Crippen LogP contribution is -2.43. The Morgan fingerprint density at radius 3 is 2.60 bits per heavy atom. The topological polar surface area (TPSA) is 69.8 Å². The number of aryl methyl sites for hydroxylation is 1. The number of aromatic nitrogens is 1. The third kappa shape index (κ3) is 5.82. The van der Waals surface area contributed by atoms with E-state index in [1.807, 2.05) is 61.7 Å². The van der Waals surface area contributed by atoms with Crippen LogP contribution in [0.2, 0.25) is 0 Å². The summed E-state index contributed by atoms with van der Waals surface area (Å²) in [4.78, 5) is 21.7. The van der Waals surface area contributed by atoms with Crippen molar-refractivity contribution in [2.45, 2.75) is 44.6 Å². The average Bonchev–Trinajstić information content (AvgIpc) is 3.32. The van der Waals surface area contributed by atoms with Gasteiger partial charge in [0.05, 0.1) is 6.10 Å². The second-order valence-corrected chi connectivity index (χ2v) is 10.1. The summed E-state index contributed by atoms with van der Waals surface area (Å²) >= 11 is 0. The second-order valence-electron chi connectivity index (χ2n) is 10.1. The molecule has 0 saturated carbocycles. The Morgan fingerprint density at radius 1 is 1.09 bits per heavy atom. The number of fused-ring (bicyclic) bond motifs is 1. The first-order valence-corrected chi connectivity index (χ1v) is 12.8. The van der Waals surface area contributed by atoms with Gasteiger partial charge in [-0.1, -0.05) is 35.9 Å². The molecular formula is C29H35N3O3. The van der Waals surface area contributed by atoms with E-state index in [9.17, 15) is 9.90 Å². The van der Waals surface area contributed by atoms with Crippen molar-refractivity contribution in [1.82, 2.24) is 14.8 Å². The van der Waals surface area contributed by atoms with Crippen LogP contribution in [-0.2, 0) is 0 Å². The Hall–Kier alpha value is -2.96. The summed E-state index contributed by atoms with van der Waals surface area (Å²) in [5, 5.41) is 10.9. The van der Waals surface area contributed by atoms with Crippen molar-refractivity contribution in [3.8, 4) is 0 Å². The number of aliphatic hydroxyl groups excluding tert-OH is 1. The lowest BCUT2D eigenvalue weighted by Gasteiger charge is -2.37. The van der Waals surface area contributed by atoms with Crippen molar-refractivity contribution in [2.75, 3.05) is 32.7 Å². The molecule has 184 valence electrons. The van der Waals surface area contributed by atoms with Crippen molar-refractivity contribution >= 4 is 16.9 Å². The molecule has 3 heterocycles. The maximum Gasteiger partial charge on any atom is 0.198 e. The fraction of sp³-hybridized carbons (Fsp3) is 0.448. The molecule has 6 heteroatoms. The van der Waals surface area contributed by atoms with Crippen LogP contribution in [0, 0.1) is 12.8 Å². The number of piperidine rings is 2. The van der Waals surface area contributed by atoms with E-state index in [1.54, 1.807) is 6.08 Å². The quantitative estimate of drug-likeness (QED) is 0.393. The Bertz CT molecular complexity index is 1140. The number of likely N-dealkylation sites (tertiary alicyclic amines) is 2. The van der Waals surface area contributed by atoms with Crippen molar-refractivity contribution in [3.05, 3.63) is 77.8 Å². The normalized spacial score (nSPS) is 19.5. The fourth-order valence-corrected chi connectivity index (χ4v) is 5.36. The fourth-order valence-electron chi connectivity index (χ4n) is 5.36. The van der Waals surface area contributed by atoms with E-state index < -0.39 is 0 Å². The molecule has 2 aliphatic rings. The first kappa shape index (κ1) is 23.8. The van der Waals surface area contributed by atoms with Crippen molar-refractivity contribution < 1.29 is 14.3 Å². The van der Waals surface area contributed by atoms with Gasteiger partial charge in [0.2, 0.25) is 0 Å². The van der Waals surface area contributed by atoms with Gasteiger partial charge in [-0.3, -0.25) is 4.79 Å². The molecule has 2 saturated heterocycles. The molecular weight excluding hydrogens is 438 g/mol. The number of allylic oxidation sites excluding steroid dienone is 1. The Morgan fingerprint density at radius 2 is 1.86 bits per heavy atom. The molecule has 2 aliphatic heterocycles. The molecule has 0 bridgehead atoms. The highest BCUT2D eigenvalue weighted by Crippen LogP contribution is 2.30. The number of oxazole rings is 1. The summed E-state index contributed by atoms with van der Waals surface area (Å²) in [6.07, 6.45) is 7.20. The Balaban J connectivity index is 1.05. The predicted molar refractivity (Wildman–Crippen MR) is 137 cm³/mol. The van der Waals surface area contributed by atoms with Crippen molar-refractivity contribution in [2.24, 2.45) is 5.92 Å². The zero-order valence-corrected chi connectivity index (χ0v) is 20.5. The van der Waals surface area contributed by atoms with E-state index >= 15 is 0 Å². The number of hydrogen-bond acceptors (Lipinski definition) is 6. The zero-order valence-electron chi connectivity index (χ0n) is 20.5. The van der Waals surface area contributed by atoms with Gasteiger partial charge in [-0.05, 0) is 69.8 Å². The highest BCUT2D eigenvalue weighted by molar-refractivity contribution is 6.04. The van der Waals surface area contributed by atoms with E-state index in [0.29, 0.717) is 11.8 Å². The van der Waals surface area contributed by atoms with Crippen LogP contribution in [0.3, 0.4) is 0 Å². The number of hydrogen-bond donors (Lipinski definition) is 1. The molecule has 1 N–H and O–H groups in total. The van der Waals surface area contributed by atoms with Gasteiger partial charge in [0.15, 0.2) is 17.3 Å². The predicted octanol–water partition coefficient (Wildman–Crippen LogP) is 4.79. The molecule has 2 aromatic carbocycles. The number of para-hydroxylation sites is 2. The SMILES string of the molecule is Cc1cccc(C(=O)C=CN2CCC(C(O)CN3CCC(c4nc5ccccc5o4)CC3)CC2)c1. The number of carbonyl (C=O) groups excluding carboxylic acids is 1. The molecule has 1 unspecified atom stereocenters. The summed E-state index contributed by atoms with van der Waals surface area (Å²) in [7, 11) is 0. The van der Waals surface area contributed by atoms with Gasteiger partial charge in [0.1, 0.15) is 5.52 Å². The summed E-state index contributed by atoms with van der Waals surface area (Å²) in [5.41, 5.74) is 3.61. The Kier molecular flexibility index (Phi) is 7.30. The van der Waals surface area contributed by atoms with Gasteiger partial charge in [-0.25, -0.2) is 4.98 Å². The molecule has 0 amide bonds. The molecule has 1 aromatic heterocycles. The van der Waals surface area contributed by atoms with Crippen LogP contribution in [0.5, 0.6) is 0 Å². The Labute approximate surface area is 207 Å². The molecule has 2 fully saturated rings. The first-order chi connectivity index (χ1) is 17.0. The van der Waals surface area contributed by atoms with E-state index in [0.717, 1.165) is 86.5 Å². The van der Waals surface area contributed by atoms with Gasteiger partial charge in [0.25, 0.3) is 0 Å². The largest absolute Gasteiger partial charge is 0.440 e. The number of carbonyl (C=O) groups is 1. The molecule has 5 rings (SSSR count). The lowest BCUT2D eigenvalue weighted by atomic mass is 9.90. The molecule has 3 aromatic rings. The number of benzene rings is 2. The average molecular weight is 474 g/mol. The standard InChI is InChI=1S/C29H35N3O3/c1-21-5-4-6-24(19-21)26(33)13-18-31-14-9-22(10-15-31)27(34)20-32-16-11-23(12-17-32)29-30-25-7-2-3-8-28(25)35-29/h2-8,13,18-19,22-23,27,34H,9-12,14-17,20H2,1H3. The first-order valence-electron chi connectivity index (χ1n) is 12.8. The van der Waals surface area contributed by atoms with Crippen LogP contribution >= 0.6 is 0 Å². The number of β-amino-alcohol motifs (C(OH)–C–C–N with tert-alkyl or cyclic N) is 1. The van der Waals surface area contributed by atoms with E-state index in [-0.39, 0.29) is 11.9 Å². The lowest BCUT2D eigenvalue weighted by molar-refractivity contribution is 0.0311. The molecule has 35 heavy (non-hydrogen) atoms. The van der Waals surface area contributed by atoms with Crippen LogP contribution in [0.1, 0.15) is 53.4 Å². The third-order valence-electron chi connectivity index (χ3n) is 7.55. The highest BCUT2D eigenvalue weighted by Gasteiger charge is 2.29. The van der Waals surface area contributed by atoms with Crippen LogP contribution in [0.15, 0.2) is 65.2 Å². The van der Waals surface area contributed by atoms with Crippen LogP contribution in [0.4, 0.5) is 0 Å². The maximum absolute atomic E-state index is 12.4. The number of aliphatic hydroxyl groups is 1. The van der Waals surface area contributed by atoms with Crippen molar-refractivity contribution in [3.63, 3.8) is 0 Å². The summed E-state index contributed by atoms with van der Waals surface area (Å²) in [6, 6.07) is 15.6. The smallest absolute Gasteiger partial charge is 0.198 e. The molecule has 0 aliphatic carbocycles. The minimum atomic E-state index is -0.309. The van der Waals surface area contributed by atoms with E-state index in [2.05, 4.69) is 14.8 Å². The van der Waals surface area contributed by atoms with Gasteiger partial charge < -0.3 is 19.3 Å². The maximum atomic E-state index is 12.4. The molecule has 0 radical (unpaired) electrons. The second kappa shape index (κ2) is 10.8. The van der Waals surface area contributed by atoms with Gasteiger partial charge in [-0.2, -0.15) is 0 Å². The third-order valence-corrected chi connectivity index (χ3v) is 7.55. The number of ketones is 1. The summed E-state index contributed by atoms with van der Waals surface area (Å²) in [6.45, 7) is 6.40. The number of nitrogens with zero attached hydrogens (tertiary/aromatic N) is 3. The zero-order chi connectivity index (χ0) is 24.2. The monoisotopic (exact) mass is 473 g/mol. The number of rotatable bonds is 7. The van der Waals surface area contributed by atoms with Gasteiger partial charge >= 0.3 is 0 Å². The van der Waals surface area contributed by atoms with Crippen molar-refractivity contribution in [1.29, 1.82) is 0 Å². The van der Waals surface area contributed by atoms with Gasteiger partial charge in [0, 0.05) is 43.4 Å². The van der Waals surface area contributed by atoms with Crippen LogP contribution in [-0.4, -0.2) is 64.5 Å². The van der Waals surface area contributed by atoms with E-state index in [1.165, 1.54) is 0 Å². The minimum absolute atomic E-state index is 0.0390. The summed E-state index contributed by atoms with van der Waals surface area (Å²) < 4.78 is 5.98. The van der Waals surface area contributed by atoms with Crippen LogP contribution in [0.25, 0.3) is 11.1 Å². The molecule has 1 atom stereocenters. The highest BCUT2D eigenvalue weighted by atomic mass is 16.3.